The Balaban J connectivity index is 1.87. The van der Waals surface area contributed by atoms with Crippen LogP contribution in [0, 0.1) is 6.92 Å². The maximum absolute atomic E-state index is 12.8. The number of primary amides is 1. The molecule has 0 bridgehead atoms. The monoisotopic (exact) mass is 350 g/mol. The molecule has 0 aromatic heterocycles. The molecule has 6 heteroatoms. The van der Waals surface area contributed by atoms with Gasteiger partial charge in [-0.3, -0.25) is 14.6 Å². The maximum Gasteiger partial charge on any atom is 0.271 e. The number of hydrogen-bond acceptors (Lipinski definition) is 4. The van der Waals surface area contributed by atoms with Crippen LogP contribution in [-0.2, 0) is 16.0 Å². The summed E-state index contributed by atoms with van der Waals surface area (Å²) < 4.78 is 0. The van der Waals surface area contributed by atoms with Gasteiger partial charge >= 0.3 is 0 Å². The molecule has 2 aromatic rings. The smallest absolute Gasteiger partial charge is 0.271 e. The second kappa shape index (κ2) is 7.39. The highest BCUT2D eigenvalue weighted by atomic mass is 16.2. The average molecular weight is 350 g/mol. The predicted molar refractivity (Wildman–Crippen MR) is 103 cm³/mol. The van der Waals surface area contributed by atoms with E-state index < -0.39 is 11.9 Å². The molecular formula is C20H22N4O2. The quantitative estimate of drug-likeness (QED) is 0.869. The lowest BCUT2D eigenvalue weighted by molar-refractivity contribution is -0.119. The molecule has 134 valence electrons. The Labute approximate surface area is 152 Å². The maximum atomic E-state index is 12.8. The molecule has 0 saturated carbocycles. The number of aryl methyl sites for hydroxylation is 2. The van der Waals surface area contributed by atoms with Gasteiger partial charge in [0.25, 0.3) is 5.91 Å². The van der Waals surface area contributed by atoms with Crippen LogP contribution < -0.4 is 16.1 Å². The van der Waals surface area contributed by atoms with E-state index in [1.54, 1.807) is 0 Å². The largest absolute Gasteiger partial charge is 0.368 e. The van der Waals surface area contributed by atoms with Gasteiger partial charge in [0.2, 0.25) is 5.91 Å². The zero-order valence-corrected chi connectivity index (χ0v) is 14.9. The van der Waals surface area contributed by atoms with Crippen LogP contribution in [0.25, 0.3) is 0 Å². The van der Waals surface area contributed by atoms with Gasteiger partial charge in [0.05, 0.1) is 5.69 Å². The van der Waals surface area contributed by atoms with Crippen molar-refractivity contribution in [3.63, 3.8) is 0 Å². The number of benzene rings is 2. The predicted octanol–water partition coefficient (Wildman–Crippen LogP) is 2.62. The zero-order valence-electron chi connectivity index (χ0n) is 14.9. The third kappa shape index (κ3) is 3.44. The molecule has 2 aromatic carbocycles. The van der Waals surface area contributed by atoms with E-state index in [4.69, 9.17) is 5.73 Å². The molecule has 0 spiro atoms. The fourth-order valence-corrected chi connectivity index (χ4v) is 3.08. The standard InChI is InChI=1S/C20H22N4O2/c1-3-14-9-7-8-13(2)18(14)22-20(26)16-12-17(19(21)25)24(23-16)15-10-5-4-6-11-15/h4-11,17H,3,12H2,1-2H3,(H2,21,25)(H,22,26). The minimum Gasteiger partial charge on any atom is -0.368 e. The van der Waals surface area contributed by atoms with Crippen molar-refractivity contribution < 1.29 is 9.59 Å². The lowest BCUT2D eigenvalue weighted by Gasteiger charge is -2.20. The molecule has 6 nitrogen and oxygen atoms in total. The molecule has 1 unspecified atom stereocenters. The van der Waals surface area contributed by atoms with Crippen molar-refractivity contribution in [2.75, 3.05) is 10.3 Å². The number of anilines is 2. The van der Waals surface area contributed by atoms with Gasteiger partial charge < -0.3 is 11.1 Å². The van der Waals surface area contributed by atoms with Gasteiger partial charge in [-0.2, -0.15) is 5.10 Å². The van der Waals surface area contributed by atoms with Crippen molar-refractivity contribution in [1.82, 2.24) is 0 Å². The van der Waals surface area contributed by atoms with Gasteiger partial charge in [0, 0.05) is 12.1 Å². The second-order valence-electron chi connectivity index (χ2n) is 6.27. The SMILES string of the molecule is CCc1cccc(C)c1NC(=O)C1=NN(c2ccccc2)C(C(N)=O)C1. The summed E-state index contributed by atoms with van der Waals surface area (Å²) in [5, 5.41) is 8.86. The summed E-state index contributed by atoms with van der Waals surface area (Å²) in [5.74, 6) is -0.816. The van der Waals surface area contributed by atoms with Crippen LogP contribution in [0.3, 0.4) is 0 Å². The molecule has 0 fully saturated rings. The van der Waals surface area contributed by atoms with Gasteiger partial charge in [-0.15, -0.1) is 0 Å². The van der Waals surface area contributed by atoms with Crippen molar-refractivity contribution in [2.45, 2.75) is 32.7 Å². The van der Waals surface area contributed by atoms with Crippen LogP contribution in [-0.4, -0.2) is 23.6 Å². The van der Waals surface area contributed by atoms with Gasteiger partial charge in [0.15, 0.2) is 0 Å². The first-order valence-electron chi connectivity index (χ1n) is 8.62. The van der Waals surface area contributed by atoms with Crippen LogP contribution in [0.4, 0.5) is 11.4 Å². The fourth-order valence-electron chi connectivity index (χ4n) is 3.08. The highest BCUT2D eigenvalue weighted by Gasteiger charge is 2.35. The van der Waals surface area contributed by atoms with Crippen LogP contribution in [0.1, 0.15) is 24.5 Å². The number of carbonyl (C=O) groups is 2. The summed E-state index contributed by atoms with van der Waals surface area (Å²) in [6.45, 7) is 3.99. The van der Waals surface area contributed by atoms with Crippen molar-refractivity contribution in [3.8, 4) is 0 Å². The van der Waals surface area contributed by atoms with E-state index in [0.717, 1.165) is 28.9 Å². The van der Waals surface area contributed by atoms with E-state index in [1.807, 2.05) is 62.4 Å². The van der Waals surface area contributed by atoms with E-state index in [2.05, 4.69) is 10.4 Å². The van der Waals surface area contributed by atoms with E-state index in [-0.39, 0.29) is 12.3 Å². The van der Waals surface area contributed by atoms with E-state index in [1.165, 1.54) is 5.01 Å². The Bertz CT molecular complexity index is 861. The second-order valence-corrected chi connectivity index (χ2v) is 6.27. The molecule has 0 radical (unpaired) electrons. The molecule has 3 rings (SSSR count). The summed E-state index contributed by atoms with van der Waals surface area (Å²) in [7, 11) is 0. The molecule has 2 amide bonds. The van der Waals surface area contributed by atoms with Crippen molar-refractivity contribution in [2.24, 2.45) is 10.8 Å². The number of para-hydroxylation sites is 2. The van der Waals surface area contributed by atoms with E-state index in [9.17, 15) is 9.59 Å². The molecule has 1 aliphatic rings. The Hall–Kier alpha value is -3.15. The minimum atomic E-state index is -0.666. The number of nitrogens with two attached hydrogens (primary N) is 1. The normalized spacial score (nSPS) is 16.3. The minimum absolute atomic E-state index is 0.184. The fraction of sp³-hybridized carbons (Fsp3) is 0.250. The summed E-state index contributed by atoms with van der Waals surface area (Å²) >= 11 is 0. The lowest BCUT2D eigenvalue weighted by atomic mass is 10.0. The Kier molecular flexibility index (Phi) is 5.02. The van der Waals surface area contributed by atoms with Crippen molar-refractivity contribution >= 4 is 28.9 Å². The molecule has 1 atom stereocenters. The number of carbonyl (C=O) groups excluding carboxylic acids is 2. The Morgan fingerprint density at radius 2 is 1.92 bits per heavy atom. The molecule has 3 N–H and O–H groups in total. The van der Waals surface area contributed by atoms with Gasteiger partial charge in [0.1, 0.15) is 11.8 Å². The van der Waals surface area contributed by atoms with Crippen molar-refractivity contribution in [1.29, 1.82) is 0 Å². The number of nitrogens with one attached hydrogen (secondary N) is 1. The van der Waals surface area contributed by atoms with Crippen LogP contribution in [0.5, 0.6) is 0 Å². The first kappa shape index (κ1) is 17.7. The van der Waals surface area contributed by atoms with Gasteiger partial charge in [-0.1, -0.05) is 43.3 Å². The third-order valence-electron chi connectivity index (χ3n) is 4.50. The molecule has 26 heavy (non-hydrogen) atoms. The number of hydrazone groups is 1. The first-order chi connectivity index (χ1) is 12.5. The van der Waals surface area contributed by atoms with E-state index in [0.29, 0.717) is 5.71 Å². The van der Waals surface area contributed by atoms with Crippen LogP contribution in [0.2, 0.25) is 0 Å². The summed E-state index contributed by atoms with van der Waals surface area (Å²) in [6, 6.07) is 14.5. The number of nitrogens with zero attached hydrogens (tertiary/aromatic N) is 2. The van der Waals surface area contributed by atoms with E-state index >= 15 is 0 Å². The highest BCUT2D eigenvalue weighted by Crippen LogP contribution is 2.26. The van der Waals surface area contributed by atoms with Gasteiger partial charge in [-0.05, 0) is 36.6 Å². The molecule has 0 saturated heterocycles. The molecule has 0 aliphatic carbocycles. The lowest BCUT2D eigenvalue weighted by Crippen LogP contribution is -2.39. The van der Waals surface area contributed by atoms with Gasteiger partial charge in [-0.25, -0.2) is 0 Å². The van der Waals surface area contributed by atoms with Crippen LogP contribution in [0.15, 0.2) is 53.6 Å². The first-order valence-corrected chi connectivity index (χ1v) is 8.62. The highest BCUT2D eigenvalue weighted by molar-refractivity contribution is 6.44. The number of rotatable bonds is 5. The zero-order chi connectivity index (χ0) is 18.7. The number of amides is 2. The molecule has 1 heterocycles. The summed E-state index contributed by atoms with van der Waals surface area (Å²) in [4.78, 5) is 24.6. The number of hydrogen-bond donors (Lipinski definition) is 2. The third-order valence-corrected chi connectivity index (χ3v) is 4.50. The summed E-state index contributed by atoms with van der Waals surface area (Å²) in [5.41, 5.74) is 9.39. The topological polar surface area (TPSA) is 87.8 Å². The average Bonchev–Trinajstić information content (AvgIpc) is 3.10. The van der Waals surface area contributed by atoms with Crippen molar-refractivity contribution in [3.05, 3.63) is 59.7 Å². The van der Waals surface area contributed by atoms with Crippen LogP contribution >= 0.6 is 0 Å². The Morgan fingerprint density at radius 1 is 1.19 bits per heavy atom. The molecule has 1 aliphatic heterocycles. The molecular weight excluding hydrogens is 328 g/mol. The Morgan fingerprint density at radius 3 is 2.58 bits per heavy atom. The summed E-state index contributed by atoms with van der Waals surface area (Å²) in [6.07, 6.45) is 0.993.